The summed E-state index contributed by atoms with van der Waals surface area (Å²) in [6.07, 6.45) is -1.74. The summed E-state index contributed by atoms with van der Waals surface area (Å²) >= 11 is 0. The highest BCUT2D eigenvalue weighted by atomic mass is 19.4. The Labute approximate surface area is 97.8 Å². The molecule has 6 heteroatoms. The second-order valence-electron chi connectivity index (χ2n) is 3.73. The minimum Gasteiger partial charge on any atom is -0.492 e. The number of hydrogen-bond acceptors (Lipinski definition) is 3. The molecule has 0 aliphatic heterocycles. The summed E-state index contributed by atoms with van der Waals surface area (Å²) in [4.78, 5) is 3.82. The molecule has 1 aromatic heterocycles. The monoisotopic (exact) mass is 248 g/mol. The Morgan fingerprint density at radius 2 is 2.12 bits per heavy atom. The number of pyridine rings is 1. The van der Waals surface area contributed by atoms with E-state index >= 15 is 0 Å². The van der Waals surface area contributed by atoms with Gasteiger partial charge in [0.1, 0.15) is 5.75 Å². The molecule has 1 aromatic rings. The number of aromatic nitrogens is 1. The summed E-state index contributed by atoms with van der Waals surface area (Å²) < 4.78 is 41.8. The molecule has 0 bridgehead atoms. The predicted octanol–water partition coefficient (Wildman–Crippen LogP) is 2.82. The smallest absolute Gasteiger partial charge is 0.390 e. The molecule has 1 rings (SSSR count). The van der Waals surface area contributed by atoms with Gasteiger partial charge in [-0.15, -0.1) is 0 Å². The van der Waals surface area contributed by atoms with E-state index in [1.807, 2.05) is 6.92 Å². The van der Waals surface area contributed by atoms with Crippen molar-refractivity contribution in [2.45, 2.75) is 32.0 Å². The molecule has 96 valence electrons. The van der Waals surface area contributed by atoms with Gasteiger partial charge in [-0.3, -0.25) is 4.98 Å². The quantitative estimate of drug-likeness (QED) is 0.871. The largest absolute Gasteiger partial charge is 0.492 e. The Kier molecular flexibility index (Phi) is 4.74. The molecule has 0 saturated heterocycles. The van der Waals surface area contributed by atoms with Gasteiger partial charge in [-0.25, -0.2) is 0 Å². The Morgan fingerprint density at radius 3 is 2.71 bits per heavy atom. The number of nitrogens with zero attached hydrogens (tertiary/aromatic N) is 1. The minimum absolute atomic E-state index is 0.330. The molecule has 1 heterocycles. The zero-order valence-corrected chi connectivity index (χ0v) is 9.50. The standard InChI is InChI=1S/C11H15F3N2O/c1-2-3-17-9-4-8(6-16-7-9)10(15)5-11(12,13)14/h4,6-7,10H,2-3,5,15H2,1H3. The van der Waals surface area contributed by atoms with Crippen LogP contribution in [0.3, 0.4) is 0 Å². The van der Waals surface area contributed by atoms with Crippen molar-refractivity contribution in [3.8, 4) is 5.75 Å². The molecule has 3 nitrogen and oxygen atoms in total. The van der Waals surface area contributed by atoms with Crippen molar-refractivity contribution in [2.24, 2.45) is 5.73 Å². The van der Waals surface area contributed by atoms with Crippen LogP contribution in [0.2, 0.25) is 0 Å². The van der Waals surface area contributed by atoms with Crippen molar-refractivity contribution in [2.75, 3.05) is 6.61 Å². The van der Waals surface area contributed by atoms with Crippen LogP contribution in [-0.4, -0.2) is 17.8 Å². The van der Waals surface area contributed by atoms with Crippen LogP contribution in [0.1, 0.15) is 31.4 Å². The van der Waals surface area contributed by atoms with E-state index in [-0.39, 0.29) is 0 Å². The average Bonchev–Trinajstić information content (AvgIpc) is 2.24. The lowest BCUT2D eigenvalue weighted by molar-refractivity contribution is -0.138. The third-order valence-corrected chi connectivity index (χ3v) is 2.09. The molecule has 0 radical (unpaired) electrons. The highest BCUT2D eigenvalue weighted by Gasteiger charge is 2.31. The highest BCUT2D eigenvalue weighted by Crippen LogP contribution is 2.28. The first-order valence-electron chi connectivity index (χ1n) is 5.32. The van der Waals surface area contributed by atoms with Gasteiger partial charge in [0.2, 0.25) is 0 Å². The van der Waals surface area contributed by atoms with Gasteiger partial charge in [0, 0.05) is 12.2 Å². The SMILES string of the molecule is CCCOc1cncc(C(N)CC(F)(F)F)c1. The van der Waals surface area contributed by atoms with E-state index in [1.54, 1.807) is 0 Å². The van der Waals surface area contributed by atoms with Crippen LogP contribution < -0.4 is 10.5 Å². The third kappa shape index (κ3) is 5.04. The summed E-state index contributed by atoms with van der Waals surface area (Å²) in [6.45, 7) is 2.44. The highest BCUT2D eigenvalue weighted by molar-refractivity contribution is 5.25. The van der Waals surface area contributed by atoms with E-state index in [2.05, 4.69) is 4.98 Å². The van der Waals surface area contributed by atoms with Crippen LogP contribution in [0.4, 0.5) is 13.2 Å². The maximum absolute atomic E-state index is 12.2. The van der Waals surface area contributed by atoms with E-state index in [0.717, 1.165) is 6.42 Å². The summed E-state index contributed by atoms with van der Waals surface area (Å²) in [5.41, 5.74) is 5.79. The van der Waals surface area contributed by atoms with E-state index in [0.29, 0.717) is 17.9 Å². The van der Waals surface area contributed by atoms with Crippen molar-refractivity contribution in [3.63, 3.8) is 0 Å². The third-order valence-electron chi connectivity index (χ3n) is 2.09. The van der Waals surface area contributed by atoms with Crippen LogP contribution in [0.15, 0.2) is 18.5 Å². The maximum Gasteiger partial charge on any atom is 0.390 e. The van der Waals surface area contributed by atoms with Crippen molar-refractivity contribution in [1.82, 2.24) is 4.98 Å². The van der Waals surface area contributed by atoms with E-state index in [9.17, 15) is 13.2 Å². The first-order chi connectivity index (χ1) is 7.92. The normalized spacial score (nSPS) is 13.5. The Hall–Kier alpha value is -1.30. The van der Waals surface area contributed by atoms with Crippen LogP contribution in [0.25, 0.3) is 0 Å². The van der Waals surface area contributed by atoms with Gasteiger partial charge < -0.3 is 10.5 Å². The molecule has 0 aliphatic rings. The van der Waals surface area contributed by atoms with Crippen molar-refractivity contribution in [3.05, 3.63) is 24.0 Å². The number of hydrogen-bond donors (Lipinski definition) is 1. The van der Waals surface area contributed by atoms with Crippen LogP contribution >= 0.6 is 0 Å². The van der Waals surface area contributed by atoms with E-state index in [1.165, 1.54) is 18.5 Å². The molecule has 17 heavy (non-hydrogen) atoms. The fourth-order valence-electron chi connectivity index (χ4n) is 1.30. The van der Waals surface area contributed by atoms with Crippen LogP contribution in [0, 0.1) is 0 Å². The molecule has 0 spiro atoms. The first-order valence-corrected chi connectivity index (χ1v) is 5.32. The fourth-order valence-corrected chi connectivity index (χ4v) is 1.30. The molecule has 0 saturated carbocycles. The molecular weight excluding hydrogens is 233 g/mol. The molecule has 0 aromatic carbocycles. The van der Waals surface area contributed by atoms with Gasteiger partial charge in [-0.1, -0.05) is 6.92 Å². The maximum atomic E-state index is 12.2. The van der Waals surface area contributed by atoms with Gasteiger partial charge in [0.05, 0.1) is 19.2 Å². The Morgan fingerprint density at radius 1 is 1.41 bits per heavy atom. The van der Waals surface area contributed by atoms with Gasteiger partial charge in [-0.05, 0) is 18.1 Å². The number of alkyl halides is 3. The topological polar surface area (TPSA) is 48.1 Å². The molecule has 1 atom stereocenters. The van der Waals surface area contributed by atoms with Crippen molar-refractivity contribution in [1.29, 1.82) is 0 Å². The van der Waals surface area contributed by atoms with Gasteiger partial charge >= 0.3 is 6.18 Å². The van der Waals surface area contributed by atoms with Crippen molar-refractivity contribution < 1.29 is 17.9 Å². The van der Waals surface area contributed by atoms with Crippen molar-refractivity contribution >= 4 is 0 Å². The average molecular weight is 248 g/mol. The lowest BCUT2D eigenvalue weighted by Crippen LogP contribution is -2.20. The number of halogens is 3. The summed E-state index contributed by atoms with van der Waals surface area (Å²) in [5, 5.41) is 0. The second kappa shape index (κ2) is 5.86. The van der Waals surface area contributed by atoms with Crippen LogP contribution in [-0.2, 0) is 0 Å². The van der Waals surface area contributed by atoms with E-state index < -0.39 is 18.6 Å². The Balaban J connectivity index is 2.70. The van der Waals surface area contributed by atoms with Gasteiger partial charge in [-0.2, -0.15) is 13.2 Å². The summed E-state index contributed by atoms with van der Waals surface area (Å²) in [6, 6.07) is 0.395. The lowest BCUT2D eigenvalue weighted by atomic mass is 10.1. The zero-order valence-electron chi connectivity index (χ0n) is 9.50. The van der Waals surface area contributed by atoms with Gasteiger partial charge in [0.25, 0.3) is 0 Å². The number of rotatable bonds is 5. The molecule has 0 amide bonds. The van der Waals surface area contributed by atoms with Crippen LogP contribution in [0.5, 0.6) is 5.75 Å². The zero-order chi connectivity index (χ0) is 12.9. The molecule has 0 aliphatic carbocycles. The first kappa shape index (κ1) is 13.8. The summed E-state index contributed by atoms with van der Waals surface area (Å²) in [7, 11) is 0. The molecule has 2 N–H and O–H groups in total. The lowest BCUT2D eigenvalue weighted by Gasteiger charge is -2.15. The second-order valence-corrected chi connectivity index (χ2v) is 3.73. The molecular formula is C11H15F3N2O. The molecule has 1 unspecified atom stereocenters. The number of nitrogens with two attached hydrogens (primary N) is 1. The summed E-state index contributed by atoms with van der Waals surface area (Å²) in [5.74, 6) is 0.446. The van der Waals surface area contributed by atoms with Gasteiger partial charge in [0.15, 0.2) is 0 Å². The Bertz CT molecular complexity index is 355. The minimum atomic E-state index is -4.28. The number of ether oxygens (including phenoxy) is 1. The van der Waals surface area contributed by atoms with E-state index in [4.69, 9.17) is 10.5 Å². The molecule has 0 fully saturated rings. The predicted molar refractivity (Wildman–Crippen MR) is 57.6 cm³/mol. The fraction of sp³-hybridized carbons (Fsp3) is 0.545.